The highest BCUT2D eigenvalue weighted by Crippen LogP contribution is 2.24. The van der Waals surface area contributed by atoms with E-state index in [-0.39, 0.29) is 0 Å². The molecule has 0 bridgehead atoms. The molecule has 11 heavy (non-hydrogen) atoms. The summed E-state index contributed by atoms with van der Waals surface area (Å²) in [6.07, 6.45) is 8.27. The van der Waals surface area contributed by atoms with Crippen LogP contribution in [0.1, 0.15) is 11.6 Å². The fourth-order valence-electron chi connectivity index (χ4n) is 1.08. The molecule has 0 saturated carbocycles. The summed E-state index contributed by atoms with van der Waals surface area (Å²) in [6, 6.07) is 0. The van der Waals surface area contributed by atoms with Gasteiger partial charge in [-0.25, -0.2) is 4.98 Å². The van der Waals surface area contributed by atoms with E-state index in [9.17, 15) is 0 Å². The molecule has 0 amide bonds. The van der Waals surface area contributed by atoms with Gasteiger partial charge in [0.2, 0.25) is 0 Å². The van der Waals surface area contributed by atoms with Crippen molar-refractivity contribution < 1.29 is 0 Å². The van der Waals surface area contributed by atoms with Gasteiger partial charge in [-0.15, -0.1) is 11.3 Å². The van der Waals surface area contributed by atoms with Crippen LogP contribution in [-0.2, 0) is 0 Å². The molecule has 1 aromatic heterocycles. The minimum atomic E-state index is 0.351. The van der Waals surface area contributed by atoms with Gasteiger partial charge in [-0.05, 0) is 0 Å². The Morgan fingerprint density at radius 3 is 2.64 bits per heavy atom. The summed E-state index contributed by atoms with van der Waals surface area (Å²) in [5.74, 6) is 0.351. The lowest BCUT2D eigenvalue weighted by Gasteiger charge is -1.97. The molecule has 0 saturated heterocycles. The van der Waals surface area contributed by atoms with Crippen molar-refractivity contribution in [2.45, 2.75) is 5.92 Å². The summed E-state index contributed by atoms with van der Waals surface area (Å²) in [5.41, 5.74) is 6.56. The number of aromatic nitrogens is 1. The molecule has 2 nitrogen and oxygen atoms in total. The molecule has 2 N–H and O–H groups in total. The second-order valence-corrected chi connectivity index (χ2v) is 3.30. The molecule has 1 aliphatic carbocycles. The first-order chi connectivity index (χ1) is 5.36. The lowest BCUT2D eigenvalue weighted by atomic mass is 10.1. The Hall–Kier alpha value is -1.09. The van der Waals surface area contributed by atoms with Crippen LogP contribution in [0, 0.1) is 0 Å². The molecule has 1 aromatic rings. The largest absolute Gasteiger partial charge is 0.375 e. The molecule has 56 valence electrons. The van der Waals surface area contributed by atoms with E-state index in [1.54, 1.807) is 0 Å². The summed E-state index contributed by atoms with van der Waals surface area (Å²) < 4.78 is 0. The second kappa shape index (κ2) is 2.51. The Morgan fingerprint density at radius 1 is 1.36 bits per heavy atom. The van der Waals surface area contributed by atoms with Crippen molar-refractivity contribution >= 4 is 16.5 Å². The van der Waals surface area contributed by atoms with Crippen LogP contribution in [0.2, 0.25) is 0 Å². The van der Waals surface area contributed by atoms with E-state index in [4.69, 9.17) is 5.73 Å². The molecule has 0 fully saturated rings. The van der Waals surface area contributed by atoms with Crippen molar-refractivity contribution in [1.29, 1.82) is 0 Å². The molecule has 0 aromatic carbocycles. The fourth-order valence-corrected chi connectivity index (χ4v) is 1.69. The van der Waals surface area contributed by atoms with Gasteiger partial charge in [0.15, 0.2) is 5.13 Å². The van der Waals surface area contributed by atoms with Crippen molar-refractivity contribution in [3.8, 4) is 0 Å². The van der Waals surface area contributed by atoms with Gasteiger partial charge in [-0.2, -0.15) is 0 Å². The molecule has 0 radical (unpaired) electrons. The molecule has 0 unspecified atom stereocenters. The quantitative estimate of drug-likeness (QED) is 0.688. The van der Waals surface area contributed by atoms with Gasteiger partial charge in [-0.3, -0.25) is 0 Å². The normalized spacial score (nSPS) is 16.4. The summed E-state index contributed by atoms with van der Waals surface area (Å²) >= 11 is 1.49. The minimum absolute atomic E-state index is 0.351. The van der Waals surface area contributed by atoms with Crippen molar-refractivity contribution in [2.24, 2.45) is 0 Å². The first-order valence-corrected chi connectivity index (χ1v) is 4.30. The molecular formula is C8H8N2S. The predicted molar refractivity (Wildman–Crippen MR) is 47.5 cm³/mol. The van der Waals surface area contributed by atoms with Gasteiger partial charge in [0.1, 0.15) is 0 Å². The van der Waals surface area contributed by atoms with Gasteiger partial charge in [0.25, 0.3) is 0 Å². The SMILES string of the molecule is Nc1nc(C2C=CC=C2)cs1. The molecule has 1 heterocycles. The predicted octanol–water partition coefficient (Wildman–Crippen LogP) is 1.93. The highest BCUT2D eigenvalue weighted by atomic mass is 32.1. The van der Waals surface area contributed by atoms with Crippen LogP contribution >= 0.6 is 11.3 Å². The van der Waals surface area contributed by atoms with Crippen molar-refractivity contribution in [1.82, 2.24) is 4.98 Å². The van der Waals surface area contributed by atoms with E-state index in [1.807, 2.05) is 17.5 Å². The van der Waals surface area contributed by atoms with Crippen LogP contribution < -0.4 is 5.73 Å². The average Bonchev–Trinajstić information content (AvgIpc) is 2.55. The Morgan fingerprint density at radius 2 is 2.09 bits per heavy atom. The van der Waals surface area contributed by atoms with Gasteiger partial charge in [0.05, 0.1) is 5.69 Å². The third-order valence-corrected chi connectivity index (χ3v) is 2.32. The lowest BCUT2D eigenvalue weighted by molar-refractivity contribution is 1.03. The molecule has 0 spiro atoms. The standard InChI is InChI=1S/C8H8N2S/c9-8-10-7(5-11-8)6-3-1-2-4-6/h1-6H,(H2,9,10). The van der Waals surface area contributed by atoms with Crippen LogP contribution in [-0.4, -0.2) is 4.98 Å². The Kier molecular flexibility index (Phi) is 1.51. The molecule has 3 heteroatoms. The van der Waals surface area contributed by atoms with Crippen molar-refractivity contribution in [3.05, 3.63) is 35.4 Å². The number of hydrogen-bond acceptors (Lipinski definition) is 3. The van der Waals surface area contributed by atoms with Gasteiger partial charge >= 0.3 is 0 Å². The first-order valence-electron chi connectivity index (χ1n) is 3.42. The summed E-state index contributed by atoms with van der Waals surface area (Å²) in [6.45, 7) is 0. The lowest BCUT2D eigenvalue weighted by Crippen LogP contribution is -1.90. The number of nitrogens with two attached hydrogens (primary N) is 1. The van der Waals surface area contributed by atoms with Crippen LogP contribution in [0.4, 0.5) is 5.13 Å². The molecular weight excluding hydrogens is 156 g/mol. The first kappa shape index (κ1) is 6.61. The van der Waals surface area contributed by atoms with E-state index < -0.39 is 0 Å². The average molecular weight is 164 g/mol. The molecule has 1 aliphatic rings. The molecule has 0 atom stereocenters. The number of anilines is 1. The smallest absolute Gasteiger partial charge is 0.180 e. The van der Waals surface area contributed by atoms with Crippen molar-refractivity contribution in [3.63, 3.8) is 0 Å². The monoisotopic (exact) mass is 164 g/mol. The summed E-state index contributed by atoms with van der Waals surface area (Å²) in [4.78, 5) is 4.19. The minimum Gasteiger partial charge on any atom is -0.375 e. The van der Waals surface area contributed by atoms with Crippen molar-refractivity contribution in [2.75, 3.05) is 5.73 Å². The number of allylic oxidation sites excluding steroid dienone is 4. The third kappa shape index (κ3) is 1.19. The zero-order valence-corrected chi connectivity index (χ0v) is 6.71. The number of nitrogen functional groups attached to an aromatic ring is 1. The molecule has 0 aliphatic heterocycles. The Labute approximate surface area is 69.1 Å². The maximum atomic E-state index is 5.51. The second-order valence-electron chi connectivity index (χ2n) is 2.41. The topological polar surface area (TPSA) is 38.9 Å². The highest BCUT2D eigenvalue weighted by Gasteiger charge is 2.09. The number of nitrogens with zero attached hydrogens (tertiary/aromatic N) is 1. The zero-order valence-electron chi connectivity index (χ0n) is 5.90. The third-order valence-electron chi connectivity index (χ3n) is 1.63. The van der Waals surface area contributed by atoms with Crippen LogP contribution in [0.15, 0.2) is 29.7 Å². The summed E-state index contributed by atoms with van der Waals surface area (Å²) in [5, 5.41) is 2.65. The number of thiazole rings is 1. The van der Waals surface area contributed by atoms with E-state index in [0.717, 1.165) is 5.69 Å². The van der Waals surface area contributed by atoms with E-state index in [1.165, 1.54) is 11.3 Å². The maximum Gasteiger partial charge on any atom is 0.180 e. The fraction of sp³-hybridized carbons (Fsp3) is 0.125. The van der Waals surface area contributed by atoms with Crippen LogP contribution in [0.3, 0.4) is 0 Å². The Bertz CT molecular complexity index is 300. The Balaban J connectivity index is 2.29. The van der Waals surface area contributed by atoms with Gasteiger partial charge < -0.3 is 5.73 Å². The maximum absolute atomic E-state index is 5.51. The number of hydrogen-bond donors (Lipinski definition) is 1. The number of rotatable bonds is 1. The summed E-state index contributed by atoms with van der Waals surface area (Å²) in [7, 11) is 0. The van der Waals surface area contributed by atoms with Gasteiger partial charge in [-0.1, -0.05) is 24.3 Å². The van der Waals surface area contributed by atoms with E-state index in [2.05, 4.69) is 17.1 Å². The van der Waals surface area contributed by atoms with Crippen LogP contribution in [0.5, 0.6) is 0 Å². The highest BCUT2D eigenvalue weighted by molar-refractivity contribution is 7.13. The van der Waals surface area contributed by atoms with E-state index in [0.29, 0.717) is 11.0 Å². The van der Waals surface area contributed by atoms with E-state index >= 15 is 0 Å². The molecule has 2 rings (SSSR count). The van der Waals surface area contributed by atoms with Crippen LogP contribution in [0.25, 0.3) is 0 Å². The zero-order chi connectivity index (χ0) is 7.68. The van der Waals surface area contributed by atoms with Gasteiger partial charge in [0, 0.05) is 11.3 Å².